The summed E-state index contributed by atoms with van der Waals surface area (Å²) in [7, 11) is 0. The molecule has 0 unspecified atom stereocenters. The monoisotopic (exact) mass is 385 g/mol. The van der Waals surface area contributed by atoms with E-state index in [9.17, 15) is 14.0 Å². The number of halogens is 2. The van der Waals surface area contributed by atoms with E-state index in [0.29, 0.717) is 33.3 Å². The van der Waals surface area contributed by atoms with Crippen molar-refractivity contribution in [3.05, 3.63) is 74.4 Å². The number of nitrogens with zero attached hydrogens (tertiary/aromatic N) is 1. The largest absolute Gasteiger partial charge is 0.298 e. The van der Waals surface area contributed by atoms with E-state index in [4.69, 9.17) is 0 Å². The molecule has 0 bridgehead atoms. The Morgan fingerprint density at radius 3 is 2.71 bits per heavy atom. The van der Waals surface area contributed by atoms with Crippen LogP contribution in [0.4, 0.5) is 4.39 Å². The van der Waals surface area contributed by atoms with Gasteiger partial charge in [-0.15, -0.1) is 0 Å². The third-order valence-corrected chi connectivity index (χ3v) is 5.13. The molecule has 1 heterocycles. The summed E-state index contributed by atoms with van der Waals surface area (Å²) in [6, 6.07) is 10.2. The number of hydrogen-bond donors (Lipinski definition) is 0. The van der Waals surface area contributed by atoms with Gasteiger partial charge in [-0.05, 0) is 69.9 Å². The lowest BCUT2D eigenvalue weighted by Crippen LogP contribution is -2.20. The average molecular weight is 386 g/mol. The van der Waals surface area contributed by atoms with Crippen molar-refractivity contribution in [2.24, 2.45) is 0 Å². The Balaban J connectivity index is 1.99. The highest BCUT2D eigenvalue weighted by Crippen LogP contribution is 2.41. The molecule has 0 radical (unpaired) electrons. The molecule has 0 saturated heterocycles. The second-order valence-electron chi connectivity index (χ2n) is 6.02. The van der Waals surface area contributed by atoms with Gasteiger partial charge in [-0.1, -0.05) is 12.1 Å². The van der Waals surface area contributed by atoms with Crippen molar-refractivity contribution in [1.29, 1.82) is 0 Å². The molecule has 0 atom stereocenters. The minimum Gasteiger partial charge on any atom is -0.298 e. The number of carbonyl (C=O) groups excluding carboxylic acids is 1. The number of pyridine rings is 1. The van der Waals surface area contributed by atoms with Gasteiger partial charge in [-0.25, -0.2) is 4.39 Å². The predicted molar refractivity (Wildman–Crippen MR) is 94.6 cm³/mol. The summed E-state index contributed by atoms with van der Waals surface area (Å²) in [5, 5.41) is 0.652. The van der Waals surface area contributed by atoms with Crippen LogP contribution in [0.1, 0.15) is 34.7 Å². The van der Waals surface area contributed by atoms with E-state index < -0.39 is 11.4 Å². The second-order valence-corrected chi connectivity index (χ2v) is 6.88. The quantitative estimate of drug-likeness (QED) is 0.618. The number of hydrogen-bond acceptors (Lipinski definition) is 2. The fourth-order valence-electron chi connectivity index (χ4n) is 3.04. The Bertz CT molecular complexity index is 1040. The third kappa shape index (κ3) is 2.40. The van der Waals surface area contributed by atoms with Crippen molar-refractivity contribution >= 4 is 33.0 Å². The molecule has 1 aliphatic rings. The van der Waals surface area contributed by atoms with Gasteiger partial charge in [0.1, 0.15) is 5.82 Å². The van der Waals surface area contributed by atoms with Gasteiger partial charge in [0.15, 0.2) is 6.29 Å². The minimum atomic E-state index is -0.503. The van der Waals surface area contributed by atoms with Crippen molar-refractivity contribution in [3.63, 3.8) is 0 Å². The van der Waals surface area contributed by atoms with E-state index in [1.54, 1.807) is 30.5 Å². The van der Waals surface area contributed by atoms with E-state index in [1.165, 1.54) is 10.6 Å². The van der Waals surface area contributed by atoms with Crippen LogP contribution < -0.4 is 5.56 Å². The van der Waals surface area contributed by atoms with Crippen molar-refractivity contribution in [3.8, 4) is 5.69 Å². The van der Waals surface area contributed by atoms with Crippen LogP contribution in [0.25, 0.3) is 16.5 Å². The van der Waals surface area contributed by atoms with Crippen molar-refractivity contribution < 1.29 is 9.18 Å². The molecular weight excluding hydrogens is 373 g/mol. The zero-order valence-electron chi connectivity index (χ0n) is 12.6. The highest BCUT2D eigenvalue weighted by Gasteiger charge is 2.25. The van der Waals surface area contributed by atoms with Crippen molar-refractivity contribution in [2.45, 2.75) is 18.8 Å². The predicted octanol–water partition coefficient (Wildman–Crippen LogP) is 4.58. The molecule has 1 saturated carbocycles. The van der Waals surface area contributed by atoms with Crippen LogP contribution in [0.3, 0.4) is 0 Å². The number of rotatable bonds is 3. The van der Waals surface area contributed by atoms with Gasteiger partial charge in [0.25, 0.3) is 5.56 Å². The Hall–Kier alpha value is -2.27. The van der Waals surface area contributed by atoms with E-state index >= 15 is 0 Å². The fraction of sp³-hybridized carbons (Fsp3) is 0.158. The van der Waals surface area contributed by atoms with Crippen LogP contribution in [0, 0.1) is 5.82 Å². The lowest BCUT2D eigenvalue weighted by Gasteiger charge is -2.12. The number of carbonyl (C=O) groups is 1. The summed E-state index contributed by atoms with van der Waals surface area (Å²) in [4.78, 5) is 24.2. The Kier molecular flexibility index (Phi) is 3.61. The molecule has 0 spiro atoms. The SMILES string of the molecule is O=Cc1c(Br)cccc1-n1ccc2cc(C3CC3)cc(F)c2c1=O. The van der Waals surface area contributed by atoms with Crippen LogP contribution in [0.5, 0.6) is 0 Å². The molecule has 0 amide bonds. The molecule has 5 heteroatoms. The van der Waals surface area contributed by atoms with Gasteiger partial charge in [0, 0.05) is 10.7 Å². The molecule has 24 heavy (non-hydrogen) atoms. The lowest BCUT2D eigenvalue weighted by atomic mass is 10.0. The van der Waals surface area contributed by atoms with E-state index in [2.05, 4.69) is 15.9 Å². The first-order valence-electron chi connectivity index (χ1n) is 7.69. The van der Waals surface area contributed by atoms with Crippen LogP contribution in [-0.2, 0) is 0 Å². The van der Waals surface area contributed by atoms with E-state index in [0.717, 1.165) is 18.4 Å². The maximum atomic E-state index is 14.6. The van der Waals surface area contributed by atoms with E-state index in [-0.39, 0.29) is 5.39 Å². The molecule has 1 aromatic heterocycles. The third-order valence-electron chi connectivity index (χ3n) is 4.43. The molecule has 3 nitrogen and oxygen atoms in total. The first-order valence-corrected chi connectivity index (χ1v) is 8.48. The van der Waals surface area contributed by atoms with Crippen LogP contribution in [-0.4, -0.2) is 10.9 Å². The summed E-state index contributed by atoms with van der Waals surface area (Å²) in [6.07, 6.45) is 4.42. The first kappa shape index (κ1) is 15.3. The van der Waals surface area contributed by atoms with Gasteiger partial charge in [-0.2, -0.15) is 0 Å². The summed E-state index contributed by atoms with van der Waals surface area (Å²) >= 11 is 3.31. The van der Waals surface area contributed by atoms with Gasteiger partial charge < -0.3 is 0 Å². The molecule has 120 valence electrons. The Morgan fingerprint density at radius 1 is 1.21 bits per heavy atom. The molecule has 0 N–H and O–H groups in total. The number of aldehydes is 1. The van der Waals surface area contributed by atoms with Crippen LogP contribution in [0.15, 0.2) is 51.9 Å². The molecule has 1 fully saturated rings. The standard InChI is InChI=1S/C19H13BrFNO2/c20-15-2-1-3-17(14(15)10-23)22-7-6-12-8-13(11-4-5-11)9-16(21)18(12)19(22)24/h1-3,6-11H,4-5H2. The summed E-state index contributed by atoms with van der Waals surface area (Å²) < 4.78 is 16.5. The maximum Gasteiger partial charge on any atom is 0.265 e. The molecule has 0 aliphatic heterocycles. The average Bonchev–Trinajstić information content (AvgIpc) is 3.39. The van der Waals surface area contributed by atoms with Crippen molar-refractivity contribution in [1.82, 2.24) is 4.57 Å². The van der Waals surface area contributed by atoms with Gasteiger partial charge in [0.05, 0.1) is 16.6 Å². The first-order chi connectivity index (χ1) is 11.6. The Labute approximate surface area is 145 Å². The van der Waals surface area contributed by atoms with E-state index in [1.807, 2.05) is 6.07 Å². The molecule has 3 aromatic rings. The number of benzene rings is 2. The molecular formula is C19H13BrFNO2. The zero-order chi connectivity index (χ0) is 16.8. The number of aromatic nitrogens is 1. The molecule has 4 rings (SSSR count). The normalized spacial score (nSPS) is 14.1. The summed E-state index contributed by atoms with van der Waals surface area (Å²) in [5.74, 6) is -0.0884. The van der Waals surface area contributed by atoms with Crippen LogP contribution in [0.2, 0.25) is 0 Å². The Morgan fingerprint density at radius 2 is 2.00 bits per heavy atom. The molecule has 1 aliphatic carbocycles. The maximum absolute atomic E-state index is 14.6. The summed E-state index contributed by atoms with van der Waals surface area (Å²) in [6.45, 7) is 0. The zero-order valence-corrected chi connectivity index (χ0v) is 14.2. The second kappa shape index (κ2) is 5.67. The van der Waals surface area contributed by atoms with Gasteiger partial charge in [-0.3, -0.25) is 14.2 Å². The minimum absolute atomic E-state index is 0.0544. The number of fused-ring (bicyclic) bond motifs is 1. The topological polar surface area (TPSA) is 39.1 Å². The highest BCUT2D eigenvalue weighted by molar-refractivity contribution is 9.10. The lowest BCUT2D eigenvalue weighted by molar-refractivity contribution is 0.112. The highest BCUT2D eigenvalue weighted by atomic mass is 79.9. The van der Waals surface area contributed by atoms with Crippen LogP contribution >= 0.6 is 15.9 Å². The fourth-order valence-corrected chi connectivity index (χ4v) is 3.49. The van der Waals surface area contributed by atoms with Gasteiger partial charge in [0.2, 0.25) is 0 Å². The van der Waals surface area contributed by atoms with Crippen molar-refractivity contribution in [2.75, 3.05) is 0 Å². The molecule has 2 aromatic carbocycles. The smallest absolute Gasteiger partial charge is 0.265 e. The van der Waals surface area contributed by atoms with Gasteiger partial charge >= 0.3 is 0 Å². The summed E-state index contributed by atoms with van der Waals surface area (Å²) in [5.41, 5.74) is 1.27.